The Morgan fingerprint density at radius 2 is 1.75 bits per heavy atom. The van der Waals surface area contributed by atoms with Gasteiger partial charge in [0.25, 0.3) is 0 Å². The highest BCUT2D eigenvalue weighted by molar-refractivity contribution is 5.87. The fourth-order valence-electron chi connectivity index (χ4n) is 1.90. The maximum absolute atomic E-state index is 11.9. The number of rotatable bonds is 6. The lowest BCUT2D eigenvalue weighted by molar-refractivity contribution is -0.144. The average Bonchev–Trinajstić information content (AvgIpc) is 2.51. The van der Waals surface area contributed by atoms with Crippen molar-refractivity contribution in [3.8, 4) is 0 Å². The van der Waals surface area contributed by atoms with Crippen LogP contribution in [-0.4, -0.2) is 43.3 Å². The zero-order valence-corrected chi connectivity index (χ0v) is 14.4. The minimum absolute atomic E-state index is 0.294. The van der Waals surface area contributed by atoms with E-state index in [1.54, 1.807) is 20.8 Å². The summed E-state index contributed by atoms with van der Waals surface area (Å²) in [6.45, 7) is 4.87. The molecule has 1 aromatic carbocycles. The van der Waals surface area contributed by atoms with E-state index in [4.69, 9.17) is 9.47 Å². The van der Waals surface area contributed by atoms with Crippen molar-refractivity contribution in [3.63, 3.8) is 0 Å². The van der Waals surface area contributed by atoms with Crippen LogP contribution < -0.4 is 10.6 Å². The largest absolute Gasteiger partial charge is 0.467 e. The third kappa shape index (κ3) is 7.62. The van der Waals surface area contributed by atoms with E-state index in [9.17, 15) is 14.4 Å². The second-order valence-electron chi connectivity index (χ2n) is 6.19. The SMILES string of the molecule is COC(=O)[C@@H](Cc1ccccc1)NC(=O)CNC(=O)OC(C)(C)C. The van der Waals surface area contributed by atoms with Crippen LogP contribution in [-0.2, 0) is 25.5 Å². The number of ether oxygens (including phenoxy) is 2. The van der Waals surface area contributed by atoms with Crippen molar-refractivity contribution in [2.45, 2.75) is 38.8 Å². The molecular weight excluding hydrogens is 312 g/mol. The first-order valence-corrected chi connectivity index (χ1v) is 7.59. The van der Waals surface area contributed by atoms with Crippen molar-refractivity contribution >= 4 is 18.0 Å². The lowest BCUT2D eigenvalue weighted by Gasteiger charge is -2.20. The normalized spacial score (nSPS) is 12.0. The zero-order chi connectivity index (χ0) is 18.2. The number of methoxy groups -OCH3 is 1. The molecule has 1 rings (SSSR count). The number of hydrogen-bond acceptors (Lipinski definition) is 5. The Balaban J connectivity index is 2.55. The van der Waals surface area contributed by atoms with E-state index in [-0.39, 0.29) is 6.54 Å². The molecule has 0 aliphatic carbocycles. The van der Waals surface area contributed by atoms with Crippen molar-refractivity contribution in [2.24, 2.45) is 0 Å². The van der Waals surface area contributed by atoms with Gasteiger partial charge in [0, 0.05) is 6.42 Å². The van der Waals surface area contributed by atoms with Gasteiger partial charge in [0.05, 0.1) is 7.11 Å². The van der Waals surface area contributed by atoms with Crippen LogP contribution in [0.2, 0.25) is 0 Å². The van der Waals surface area contributed by atoms with Crippen molar-refractivity contribution in [1.29, 1.82) is 0 Å². The molecule has 7 heteroatoms. The highest BCUT2D eigenvalue weighted by atomic mass is 16.6. The Morgan fingerprint density at radius 3 is 2.29 bits per heavy atom. The number of carbonyl (C=O) groups excluding carboxylic acids is 3. The fraction of sp³-hybridized carbons (Fsp3) is 0.471. The maximum atomic E-state index is 11.9. The molecular formula is C17H24N2O5. The molecule has 0 aromatic heterocycles. The third-order valence-corrected chi connectivity index (χ3v) is 2.90. The van der Waals surface area contributed by atoms with Gasteiger partial charge in [-0.2, -0.15) is 0 Å². The van der Waals surface area contributed by atoms with Crippen LogP contribution in [0.15, 0.2) is 30.3 Å². The van der Waals surface area contributed by atoms with Gasteiger partial charge < -0.3 is 20.1 Å². The van der Waals surface area contributed by atoms with Gasteiger partial charge >= 0.3 is 12.1 Å². The average molecular weight is 336 g/mol. The smallest absolute Gasteiger partial charge is 0.408 e. The number of esters is 1. The van der Waals surface area contributed by atoms with Crippen LogP contribution in [0.4, 0.5) is 4.79 Å². The Bertz CT molecular complexity index is 566. The monoisotopic (exact) mass is 336 g/mol. The van der Waals surface area contributed by atoms with Crippen LogP contribution in [0, 0.1) is 0 Å². The van der Waals surface area contributed by atoms with Gasteiger partial charge in [0.2, 0.25) is 5.91 Å². The Kier molecular flexibility index (Phi) is 7.23. The van der Waals surface area contributed by atoms with Gasteiger partial charge in [-0.1, -0.05) is 30.3 Å². The summed E-state index contributed by atoms with van der Waals surface area (Å²) >= 11 is 0. The maximum Gasteiger partial charge on any atom is 0.408 e. The second kappa shape index (κ2) is 8.90. The molecule has 1 aromatic rings. The van der Waals surface area contributed by atoms with Gasteiger partial charge in [-0.05, 0) is 26.3 Å². The first-order valence-electron chi connectivity index (χ1n) is 7.59. The Labute approximate surface area is 141 Å². The number of amides is 2. The molecule has 0 heterocycles. The quantitative estimate of drug-likeness (QED) is 0.766. The van der Waals surface area contributed by atoms with Gasteiger partial charge in [-0.3, -0.25) is 4.79 Å². The van der Waals surface area contributed by atoms with E-state index in [0.717, 1.165) is 5.56 Å². The predicted molar refractivity (Wildman–Crippen MR) is 88.3 cm³/mol. The van der Waals surface area contributed by atoms with E-state index >= 15 is 0 Å². The van der Waals surface area contributed by atoms with Crippen LogP contribution in [0.25, 0.3) is 0 Å². The summed E-state index contributed by atoms with van der Waals surface area (Å²) in [4.78, 5) is 35.3. The minimum Gasteiger partial charge on any atom is -0.467 e. The molecule has 2 amide bonds. The number of alkyl carbamates (subject to hydrolysis) is 1. The summed E-state index contributed by atoms with van der Waals surface area (Å²) < 4.78 is 9.75. The van der Waals surface area contributed by atoms with Crippen molar-refractivity contribution in [3.05, 3.63) is 35.9 Å². The molecule has 0 unspecified atom stereocenters. The third-order valence-electron chi connectivity index (χ3n) is 2.90. The molecule has 0 radical (unpaired) electrons. The second-order valence-corrected chi connectivity index (χ2v) is 6.19. The number of benzene rings is 1. The molecule has 0 saturated carbocycles. The molecule has 0 fully saturated rings. The highest BCUT2D eigenvalue weighted by Crippen LogP contribution is 2.06. The van der Waals surface area contributed by atoms with Crippen molar-refractivity contribution < 1.29 is 23.9 Å². The lowest BCUT2D eigenvalue weighted by atomic mass is 10.1. The van der Waals surface area contributed by atoms with Gasteiger partial charge in [0.1, 0.15) is 18.2 Å². The van der Waals surface area contributed by atoms with Crippen LogP contribution in [0.3, 0.4) is 0 Å². The summed E-state index contributed by atoms with van der Waals surface area (Å²) in [5.41, 5.74) is 0.232. The van der Waals surface area contributed by atoms with E-state index in [1.165, 1.54) is 7.11 Å². The topological polar surface area (TPSA) is 93.7 Å². The van der Waals surface area contributed by atoms with E-state index < -0.39 is 29.6 Å². The van der Waals surface area contributed by atoms with Crippen LogP contribution in [0.5, 0.6) is 0 Å². The van der Waals surface area contributed by atoms with Gasteiger partial charge in [0.15, 0.2) is 0 Å². The summed E-state index contributed by atoms with van der Waals surface area (Å²) in [7, 11) is 1.26. The predicted octanol–water partition coefficient (Wildman–Crippen LogP) is 1.41. The molecule has 0 spiro atoms. The minimum atomic E-state index is -0.828. The van der Waals surface area contributed by atoms with Crippen LogP contribution >= 0.6 is 0 Å². The molecule has 1 atom stereocenters. The summed E-state index contributed by atoms with van der Waals surface area (Å²) in [5, 5.41) is 4.89. The Morgan fingerprint density at radius 1 is 1.12 bits per heavy atom. The highest BCUT2D eigenvalue weighted by Gasteiger charge is 2.22. The first kappa shape index (κ1) is 19.5. The van der Waals surface area contributed by atoms with E-state index in [0.29, 0.717) is 6.42 Å². The number of hydrogen-bond donors (Lipinski definition) is 2. The van der Waals surface area contributed by atoms with Gasteiger partial charge in [-0.15, -0.1) is 0 Å². The molecule has 24 heavy (non-hydrogen) atoms. The van der Waals surface area contributed by atoms with E-state index in [1.807, 2.05) is 30.3 Å². The molecule has 0 bridgehead atoms. The molecule has 2 N–H and O–H groups in total. The molecule has 7 nitrogen and oxygen atoms in total. The molecule has 0 saturated heterocycles. The lowest BCUT2D eigenvalue weighted by Crippen LogP contribution is -2.47. The van der Waals surface area contributed by atoms with Crippen molar-refractivity contribution in [2.75, 3.05) is 13.7 Å². The zero-order valence-electron chi connectivity index (χ0n) is 14.4. The number of nitrogens with one attached hydrogen (secondary N) is 2. The summed E-state index contributed by atoms with van der Waals surface area (Å²) in [6, 6.07) is 8.41. The number of carbonyl (C=O) groups is 3. The summed E-state index contributed by atoms with van der Waals surface area (Å²) in [5.74, 6) is -1.06. The molecule has 0 aliphatic heterocycles. The molecule has 132 valence electrons. The standard InChI is InChI=1S/C17H24N2O5/c1-17(2,3)24-16(22)18-11-14(20)19-13(15(21)23-4)10-12-8-6-5-7-9-12/h5-9,13H,10-11H2,1-4H3,(H,18,22)(H,19,20)/t13-/m1/s1. The first-order chi connectivity index (χ1) is 11.2. The van der Waals surface area contributed by atoms with Crippen molar-refractivity contribution in [1.82, 2.24) is 10.6 Å². The van der Waals surface area contributed by atoms with Crippen LogP contribution in [0.1, 0.15) is 26.3 Å². The van der Waals surface area contributed by atoms with Gasteiger partial charge in [-0.25, -0.2) is 9.59 Å². The molecule has 0 aliphatic rings. The fourth-order valence-corrected chi connectivity index (χ4v) is 1.90. The van der Waals surface area contributed by atoms with E-state index in [2.05, 4.69) is 10.6 Å². The Hall–Kier alpha value is -2.57. The summed E-state index contributed by atoms with van der Waals surface area (Å²) in [6.07, 6.45) is -0.401.